The molecule has 0 radical (unpaired) electrons. The Bertz CT molecular complexity index is 491. The van der Waals surface area contributed by atoms with E-state index in [0.29, 0.717) is 11.4 Å². The summed E-state index contributed by atoms with van der Waals surface area (Å²) in [6.07, 6.45) is 0.704. The van der Waals surface area contributed by atoms with Gasteiger partial charge in [0.1, 0.15) is 15.7 Å². The van der Waals surface area contributed by atoms with E-state index < -0.39 is 9.84 Å². The molecule has 2 N–H and O–H groups in total. The predicted octanol–water partition coefficient (Wildman–Crippen LogP) is 1.27. The Morgan fingerprint density at radius 1 is 1.50 bits per heavy atom. The molecular formula is C9H14N2O2S3. The fourth-order valence-electron chi connectivity index (χ4n) is 1.18. The first-order chi connectivity index (χ1) is 7.39. The van der Waals surface area contributed by atoms with Crippen LogP contribution in [0.25, 0.3) is 0 Å². The Labute approximate surface area is 105 Å². The van der Waals surface area contributed by atoms with Crippen molar-refractivity contribution in [3.05, 3.63) is 15.6 Å². The number of aromatic nitrogens is 1. The third-order valence-corrected chi connectivity index (χ3v) is 5.32. The van der Waals surface area contributed by atoms with Gasteiger partial charge in [0.25, 0.3) is 0 Å². The van der Waals surface area contributed by atoms with Crippen molar-refractivity contribution in [3.63, 3.8) is 0 Å². The van der Waals surface area contributed by atoms with Crippen LogP contribution in [0.4, 0.5) is 0 Å². The highest BCUT2D eigenvalue weighted by atomic mass is 32.2. The molecule has 0 aliphatic carbocycles. The molecule has 0 atom stereocenters. The second kappa shape index (κ2) is 5.20. The third-order valence-electron chi connectivity index (χ3n) is 2.08. The predicted molar refractivity (Wildman–Crippen MR) is 70.5 cm³/mol. The molecule has 0 amide bonds. The average molecular weight is 278 g/mol. The van der Waals surface area contributed by atoms with Crippen molar-refractivity contribution >= 4 is 38.4 Å². The summed E-state index contributed by atoms with van der Waals surface area (Å²) >= 11 is 6.18. The van der Waals surface area contributed by atoms with E-state index in [1.165, 1.54) is 11.3 Å². The molecule has 90 valence electrons. The first-order valence-electron chi connectivity index (χ1n) is 4.88. The van der Waals surface area contributed by atoms with Gasteiger partial charge in [0.2, 0.25) is 0 Å². The van der Waals surface area contributed by atoms with Crippen LogP contribution in [-0.4, -0.2) is 24.1 Å². The van der Waals surface area contributed by atoms with E-state index in [1.54, 1.807) is 6.92 Å². The second-order valence-electron chi connectivity index (χ2n) is 3.28. The number of hydrogen-bond acceptors (Lipinski definition) is 5. The largest absolute Gasteiger partial charge is 0.389 e. The molecule has 0 saturated carbocycles. The van der Waals surface area contributed by atoms with Gasteiger partial charge in [-0.2, -0.15) is 0 Å². The molecule has 1 heterocycles. The lowest BCUT2D eigenvalue weighted by atomic mass is 10.3. The molecule has 0 aliphatic rings. The van der Waals surface area contributed by atoms with Gasteiger partial charge in [0.05, 0.1) is 10.6 Å². The van der Waals surface area contributed by atoms with Crippen molar-refractivity contribution in [3.8, 4) is 0 Å². The minimum absolute atomic E-state index is 0.0240. The third kappa shape index (κ3) is 3.23. The van der Waals surface area contributed by atoms with Crippen LogP contribution in [0.5, 0.6) is 0 Å². The van der Waals surface area contributed by atoms with Gasteiger partial charge < -0.3 is 5.73 Å². The van der Waals surface area contributed by atoms with Gasteiger partial charge in [-0.25, -0.2) is 13.4 Å². The second-order valence-corrected chi connectivity index (χ2v) is 7.15. The Kier molecular flexibility index (Phi) is 4.40. The maximum atomic E-state index is 11.5. The van der Waals surface area contributed by atoms with Gasteiger partial charge in [0, 0.05) is 5.75 Å². The van der Waals surface area contributed by atoms with E-state index in [-0.39, 0.29) is 16.5 Å². The van der Waals surface area contributed by atoms with Gasteiger partial charge in [-0.05, 0) is 6.42 Å². The fraction of sp³-hybridized carbons (Fsp3) is 0.556. The van der Waals surface area contributed by atoms with Crippen molar-refractivity contribution in [1.82, 2.24) is 4.98 Å². The van der Waals surface area contributed by atoms with E-state index >= 15 is 0 Å². The van der Waals surface area contributed by atoms with E-state index in [4.69, 9.17) is 18.0 Å². The summed E-state index contributed by atoms with van der Waals surface area (Å²) in [5.41, 5.74) is 6.34. The molecule has 0 saturated heterocycles. The summed E-state index contributed by atoms with van der Waals surface area (Å²) in [5.74, 6) is 0.0974. The standard InChI is InChI=1S/C9H14N2O2S3/c1-3-6-8(9(10)14)15-7(11-6)5-16(12,13)4-2/h3-5H2,1-2H3,(H2,10,14). The van der Waals surface area contributed by atoms with Crippen molar-refractivity contribution < 1.29 is 8.42 Å². The SMILES string of the molecule is CCc1nc(CS(=O)(=O)CC)sc1C(N)=S. The number of hydrogen-bond donors (Lipinski definition) is 1. The zero-order valence-corrected chi connectivity index (χ0v) is 11.6. The Balaban J connectivity index is 3.05. The highest BCUT2D eigenvalue weighted by Crippen LogP contribution is 2.21. The minimum Gasteiger partial charge on any atom is -0.389 e. The molecule has 1 aromatic heterocycles. The Hall–Kier alpha value is -0.530. The van der Waals surface area contributed by atoms with Gasteiger partial charge in [-0.15, -0.1) is 11.3 Å². The van der Waals surface area contributed by atoms with Crippen LogP contribution < -0.4 is 5.73 Å². The van der Waals surface area contributed by atoms with Crippen molar-refractivity contribution in [1.29, 1.82) is 0 Å². The minimum atomic E-state index is -3.05. The smallest absolute Gasteiger partial charge is 0.156 e. The lowest BCUT2D eigenvalue weighted by Gasteiger charge is -1.95. The van der Waals surface area contributed by atoms with E-state index in [0.717, 1.165) is 10.6 Å². The summed E-state index contributed by atoms with van der Waals surface area (Å²) in [4.78, 5) is 5.28. The molecule has 0 bridgehead atoms. The zero-order valence-electron chi connectivity index (χ0n) is 9.19. The number of rotatable bonds is 5. The van der Waals surface area contributed by atoms with Gasteiger partial charge in [-0.3, -0.25) is 0 Å². The molecule has 1 rings (SSSR count). The lowest BCUT2D eigenvalue weighted by molar-refractivity contribution is 0.596. The number of sulfone groups is 1. The average Bonchev–Trinajstić information content (AvgIpc) is 2.60. The quantitative estimate of drug-likeness (QED) is 0.821. The maximum absolute atomic E-state index is 11.5. The van der Waals surface area contributed by atoms with E-state index in [1.807, 2.05) is 6.92 Å². The van der Waals surface area contributed by atoms with Crippen LogP contribution in [0.3, 0.4) is 0 Å². The molecule has 7 heteroatoms. The number of nitrogens with zero attached hydrogens (tertiary/aromatic N) is 1. The van der Waals surface area contributed by atoms with Crippen LogP contribution in [0, 0.1) is 0 Å². The van der Waals surface area contributed by atoms with Crippen LogP contribution in [0.1, 0.15) is 29.4 Å². The number of thiocarbonyl (C=S) groups is 1. The van der Waals surface area contributed by atoms with Gasteiger partial charge >= 0.3 is 0 Å². The van der Waals surface area contributed by atoms with Crippen LogP contribution in [0.2, 0.25) is 0 Å². The van der Waals surface area contributed by atoms with E-state index in [9.17, 15) is 8.42 Å². The number of aryl methyl sites for hydroxylation is 1. The number of thiazole rings is 1. The first-order valence-corrected chi connectivity index (χ1v) is 7.93. The van der Waals surface area contributed by atoms with Crippen molar-refractivity contribution in [2.24, 2.45) is 5.73 Å². The Morgan fingerprint density at radius 3 is 2.50 bits per heavy atom. The van der Waals surface area contributed by atoms with Crippen molar-refractivity contribution in [2.75, 3.05) is 5.75 Å². The molecule has 16 heavy (non-hydrogen) atoms. The molecule has 4 nitrogen and oxygen atoms in total. The van der Waals surface area contributed by atoms with Gasteiger partial charge in [0.15, 0.2) is 9.84 Å². The topological polar surface area (TPSA) is 73.0 Å². The molecule has 0 spiro atoms. The highest BCUT2D eigenvalue weighted by Gasteiger charge is 2.16. The van der Waals surface area contributed by atoms with Crippen LogP contribution in [-0.2, 0) is 22.0 Å². The van der Waals surface area contributed by atoms with Crippen LogP contribution >= 0.6 is 23.6 Å². The summed E-state index contributed by atoms with van der Waals surface area (Å²) in [5, 5.41) is 0.571. The Morgan fingerprint density at radius 2 is 2.12 bits per heavy atom. The molecule has 0 fully saturated rings. The van der Waals surface area contributed by atoms with Crippen molar-refractivity contribution in [2.45, 2.75) is 26.0 Å². The molecular weight excluding hydrogens is 264 g/mol. The lowest BCUT2D eigenvalue weighted by Crippen LogP contribution is -2.09. The summed E-state index contributed by atoms with van der Waals surface area (Å²) in [6, 6.07) is 0. The molecule has 1 aromatic rings. The highest BCUT2D eigenvalue weighted by molar-refractivity contribution is 7.90. The van der Waals surface area contributed by atoms with Crippen LogP contribution in [0.15, 0.2) is 0 Å². The number of nitrogens with two attached hydrogens (primary N) is 1. The normalized spacial score (nSPS) is 11.6. The maximum Gasteiger partial charge on any atom is 0.156 e. The molecule has 0 aromatic carbocycles. The van der Waals surface area contributed by atoms with Gasteiger partial charge in [-0.1, -0.05) is 26.1 Å². The summed E-state index contributed by atoms with van der Waals surface area (Å²) in [6.45, 7) is 3.56. The summed E-state index contributed by atoms with van der Waals surface area (Å²) < 4.78 is 22.9. The molecule has 0 unspecified atom stereocenters. The molecule has 0 aliphatic heterocycles. The summed E-state index contributed by atoms with van der Waals surface area (Å²) in [7, 11) is -3.05. The van der Waals surface area contributed by atoms with E-state index in [2.05, 4.69) is 4.98 Å². The monoisotopic (exact) mass is 278 g/mol. The zero-order chi connectivity index (χ0) is 12.3. The fourth-order valence-corrected chi connectivity index (χ4v) is 3.65. The first kappa shape index (κ1) is 13.5.